The molecule has 1 aromatic heterocycles. The minimum atomic E-state index is -0.479. The Kier molecular flexibility index (Phi) is 4.88. The third-order valence-corrected chi connectivity index (χ3v) is 4.84. The molecule has 1 atom stereocenters. The standard InChI is InChI=1S/C22H21FN4O2/c1-4-29-21(28)18-14(3)24-22-25-20(16-9-11-17(23)12-10-16)26-27(22)19(18)15-7-5-13(2)6-8-15/h5-12,19H,4H2,1-3H3,(H,24,25,26). The number of carbonyl (C=O) groups excluding carboxylic acids is 1. The summed E-state index contributed by atoms with van der Waals surface area (Å²) >= 11 is 0. The summed E-state index contributed by atoms with van der Waals surface area (Å²) in [7, 11) is 0. The highest BCUT2D eigenvalue weighted by Gasteiger charge is 2.35. The van der Waals surface area contributed by atoms with Crippen LogP contribution in [0.3, 0.4) is 0 Å². The lowest BCUT2D eigenvalue weighted by Gasteiger charge is -2.28. The molecule has 0 amide bonds. The van der Waals surface area contributed by atoms with E-state index in [1.54, 1.807) is 23.7 Å². The molecule has 6 nitrogen and oxygen atoms in total. The van der Waals surface area contributed by atoms with E-state index in [-0.39, 0.29) is 12.4 Å². The van der Waals surface area contributed by atoms with Crippen LogP contribution in [-0.4, -0.2) is 27.3 Å². The molecular formula is C22H21FN4O2. The zero-order valence-corrected chi connectivity index (χ0v) is 16.4. The van der Waals surface area contributed by atoms with Gasteiger partial charge in [-0.15, -0.1) is 5.10 Å². The van der Waals surface area contributed by atoms with E-state index >= 15 is 0 Å². The highest BCUT2D eigenvalue weighted by atomic mass is 19.1. The van der Waals surface area contributed by atoms with Crippen molar-refractivity contribution in [2.45, 2.75) is 26.8 Å². The predicted octanol–water partition coefficient (Wildman–Crippen LogP) is 4.24. The normalized spacial score (nSPS) is 15.7. The van der Waals surface area contributed by atoms with Crippen LogP contribution in [0, 0.1) is 12.7 Å². The van der Waals surface area contributed by atoms with Crippen molar-refractivity contribution in [1.29, 1.82) is 0 Å². The van der Waals surface area contributed by atoms with Crippen LogP contribution < -0.4 is 5.32 Å². The average Bonchev–Trinajstić information content (AvgIpc) is 3.12. The first-order valence-corrected chi connectivity index (χ1v) is 9.42. The van der Waals surface area contributed by atoms with E-state index in [4.69, 9.17) is 4.74 Å². The molecule has 2 heterocycles. The van der Waals surface area contributed by atoms with E-state index in [1.165, 1.54) is 12.1 Å². The SMILES string of the molecule is CCOC(=O)C1=C(C)Nc2nc(-c3ccc(F)cc3)nn2C1c1ccc(C)cc1. The monoisotopic (exact) mass is 392 g/mol. The van der Waals surface area contributed by atoms with Crippen LogP contribution in [0.1, 0.15) is 31.0 Å². The fourth-order valence-corrected chi connectivity index (χ4v) is 3.40. The number of esters is 1. The number of carbonyl (C=O) groups is 1. The zero-order valence-electron chi connectivity index (χ0n) is 16.4. The molecule has 1 aliphatic rings. The van der Waals surface area contributed by atoms with E-state index in [9.17, 15) is 9.18 Å². The quantitative estimate of drug-likeness (QED) is 0.673. The van der Waals surface area contributed by atoms with Crippen molar-refractivity contribution < 1.29 is 13.9 Å². The van der Waals surface area contributed by atoms with Crippen molar-refractivity contribution in [3.05, 3.63) is 76.7 Å². The van der Waals surface area contributed by atoms with Crippen LogP contribution in [0.4, 0.5) is 10.3 Å². The molecule has 0 aliphatic carbocycles. The second-order valence-electron chi connectivity index (χ2n) is 6.91. The Hall–Kier alpha value is -3.48. The molecule has 1 unspecified atom stereocenters. The van der Waals surface area contributed by atoms with Gasteiger partial charge in [-0.3, -0.25) is 0 Å². The largest absolute Gasteiger partial charge is 0.463 e. The number of benzene rings is 2. The molecule has 1 N–H and O–H groups in total. The average molecular weight is 392 g/mol. The molecule has 0 fully saturated rings. The summed E-state index contributed by atoms with van der Waals surface area (Å²) in [5.41, 5.74) is 3.86. The molecular weight excluding hydrogens is 371 g/mol. The van der Waals surface area contributed by atoms with Crippen molar-refractivity contribution in [1.82, 2.24) is 14.8 Å². The summed E-state index contributed by atoms with van der Waals surface area (Å²) in [4.78, 5) is 17.3. The number of aryl methyl sites for hydroxylation is 1. The first kappa shape index (κ1) is 18.9. The van der Waals surface area contributed by atoms with Crippen LogP contribution in [-0.2, 0) is 9.53 Å². The number of nitrogens with one attached hydrogen (secondary N) is 1. The van der Waals surface area contributed by atoms with Crippen LogP contribution in [0.15, 0.2) is 59.8 Å². The second-order valence-corrected chi connectivity index (χ2v) is 6.91. The molecule has 1 aliphatic heterocycles. The van der Waals surface area contributed by atoms with E-state index in [2.05, 4.69) is 15.4 Å². The number of fused-ring (bicyclic) bond motifs is 1. The fraction of sp³-hybridized carbons (Fsp3) is 0.227. The van der Waals surface area contributed by atoms with Gasteiger partial charge in [0.25, 0.3) is 0 Å². The van der Waals surface area contributed by atoms with Gasteiger partial charge in [-0.05, 0) is 50.6 Å². The summed E-state index contributed by atoms with van der Waals surface area (Å²) in [6.07, 6.45) is 0. The van der Waals surface area contributed by atoms with Gasteiger partial charge in [0, 0.05) is 11.3 Å². The smallest absolute Gasteiger partial charge is 0.338 e. The molecule has 0 saturated carbocycles. The maximum atomic E-state index is 13.3. The van der Waals surface area contributed by atoms with Gasteiger partial charge in [-0.25, -0.2) is 13.9 Å². The highest BCUT2D eigenvalue weighted by Crippen LogP contribution is 2.36. The van der Waals surface area contributed by atoms with Crippen molar-refractivity contribution in [3.63, 3.8) is 0 Å². The maximum absolute atomic E-state index is 13.3. The van der Waals surface area contributed by atoms with E-state index < -0.39 is 12.0 Å². The molecule has 3 aromatic rings. The molecule has 0 radical (unpaired) electrons. The first-order chi connectivity index (χ1) is 14.0. The molecule has 148 valence electrons. The number of hydrogen-bond donors (Lipinski definition) is 1. The Balaban J connectivity index is 1.85. The molecule has 29 heavy (non-hydrogen) atoms. The highest BCUT2D eigenvalue weighted by molar-refractivity contribution is 5.92. The van der Waals surface area contributed by atoms with E-state index in [1.807, 2.05) is 38.1 Å². The summed E-state index contributed by atoms with van der Waals surface area (Å²) in [6, 6.07) is 13.4. The Bertz CT molecular complexity index is 1090. The third-order valence-electron chi connectivity index (χ3n) is 4.84. The number of allylic oxidation sites excluding steroid dienone is 1. The number of halogens is 1. The lowest BCUT2D eigenvalue weighted by Crippen LogP contribution is -2.29. The van der Waals surface area contributed by atoms with Gasteiger partial charge in [0.1, 0.15) is 11.9 Å². The Morgan fingerprint density at radius 2 is 1.83 bits per heavy atom. The van der Waals surface area contributed by atoms with Crippen molar-refractivity contribution >= 4 is 11.9 Å². The summed E-state index contributed by atoms with van der Waals surface area (Å²) in [5, 5.41) is 7.79. The van der Waals surface area contributed by atoms with Gasteiger partial charge in [0.2, 0.25) is 5.95 Å². The van der Waals surface area contributed by atoms with E-state index in [0.29, 0.717) is 28.6 Å². The lowest BCUT2D eigenvalue weighted by atomic mass is 9.95. The zero-order chi connectivity index (χ0) is 20.5. The van der Waals surface area contributed by atoms with Crippen LogP contribution in [0.2, 0.25) is 0 Å². The number of rotatable bonds is 4. The number of aromatic nitrogens is 3. The molecule has 7 heteroatoms. The van der Waals surface area contributed by atoms with Gasteiger partial charge in [0.15, 0.2) is 5.82 Å². The Morgan fingerprint density at radius 1 is 1.14 bits per heavy atom. The van der Waals surface area contributed by atoms with Crippen molar-refractivity contribution in [3.8, 4) is 11.4 Å². The Morgan fingerprint density at radius 3 is 2.48 bits per heavy atom. The van der Waals surface area contributed by atoms with Crippen LogP contribution in [0.5, 0.6) is 0 Å². The number of nitrogens with zero attached hydrogens (tertiary/aromatic N) is 3. The van der Waals surface area contributed by atoms with E-state index in [0.717, 1.165) is 11.1 Å². The molecule has 4 rings (SSSR count). The van der Waals surface area contributed by atoms with Gasteiger partial charge < -0.3 is 10.1 Å². The minimum absolute atomic E-state index is 0.279. The maximum Gasteiger partial charge on any atom is 0.338 e. The second kappa shape index (κ2) is 7.50. The predicted molar refractivity (Wildman–Crippen MR) is 108 cm³/mol. The fourth-order valence-electron chi connectivity index (χ4n) is 3.40. The van der Waals surface area contributed by atoms with Crippen molar-refractivity contribution in [2.24, 2.45) is 0 Å². The topological polar surface area (TPSA) is 69.0 Å². The third kappa shape index (κ3) is 3.51. The van der Waals surface area contributed by atoms with Gasteiger partial charge >= 0.3 is 5.97 Å². The minimum Gasteiger partial charge on any atom is -0.463 e. The molecule has 0 spiro atoms. The van der Waals surface area contributed by atoms with Crippen molar-refractivity contribution in [2.75, 3.05) is 11.9 Å². The first-order valence-electron chi connectivity index (χ1n) is 9.42. The lowest BCUT2D eigenvalue weighted by molar-refractivity contribution is -0.139. The van der Waals surface area contributed by atoms with Crippen LogP contribution in [0.25, 0.3) is 11.4 Å². The van der Waals surface area contributed by atoms with Gasteiger partial charge in [-0.2, -0.15) is 4.98 Å². The molecule has 0 saturated heterocycles. The summed E-state index contributed by atoms with van der Waals surface area (Å²) < 4.78 is 20.3. The summed E-state index contributed by atoms with van der Waals surface area (Å²) in [6.45, 7) is 5.88. The summed E-state index contributed by atoms with van der Waals surface area (Å²) in [5.74, 6) is 0.242. The number of hydrogen-bond acceptors (Lipinski definition) is 5. The molecule has 0 bridgehead atoms. The van der Waals surface area contributed by atoms with Gasteiger partial charge in [0.05, 0.1) is 12.2 Å². The number of anilines is 1. The Labute approximate surface area is 168 Å². The van der Waals surface area contributed by atoms with Crippen LogP contribution >= 0.6 is 0 Å². The van der Waals surface area contributed by atoms with Gasteiger partial charge in [-0.1, -0.05) is 29.8 Å². The number of ether oxygens (including phenoxy) is 1. The molecule has 2 aromatic carbocycles.